The number of fused-ring (bicyclic) bond motifs is 3. The van der Waals surface area contributed by atoms with Crippen molar-refractivity contribution in [2.24, 2.45) is 4.99 Å². The Labute approximate surface area is 216 Å². The zero-order valence-corrected chi connectivity index (χ0v) is 21.9. The lowest BCUT2D eigenvalue weighted by Gasteiger charge is -2.39. The summed E-state index contributed by atoms with van der Waals surface area (Å²) in [5, 5.41) is 9.28. The molecular formula is C32H40N2O2. The monoisotopic (exact) mass is 484 g/mol. The fraction of sp³-hybridized carbons (Fsp3) is 0.500. The highest BCUT2D eigenvalue weighted by Gasteiger charge is 2.41. The number of carboxylic acid groups (broad SMARTS) is 1. The number of aliphatic carboxylic acids is 1. The summed E-state index contributed by atoms with van der Waals surface area (Å²) in [5.74, 6) is -0.130. The first kappa shape index (κ1) is 24.8. The van der Waals surface area contributed by atoms with Gasteiger partial charge in [0.1, 0.15) is 0 Å². The van der Waals surface area contributed by atoms with Crippen LogP contribution in [0.1, 0.15) is 92.9 Å². The standard InChI is InChI=1S/C32H40N2O2/c1-3-34-28-13-9-11-25(28)26-22-24(14-16-29(26)34)15-17-30(33-21-18-31(35)36)32(19-7-4-8-20-32)27-12-6-5-10-23(27)2/h5-6,10,12,14-17,22,25,28H,3-4,7-9,11,13,18-21H2,1-2H3,(H,35,36)/b17-15+,33-30+. The first-order chi connectivity index (χ1) is 17.5. The molecule has 0 aromatic heterocycles. The number of benzene rings is 2. The molecule has 0 bridgehead atoms. The van der Waals surface area contributed by atoms with Crippen LogP contribution < -0.4 is 4.90 Å². The fourth-order valence-corrected chi connectivity index (χ4v) is 7.23. The largest absolute Gasteiger partial charge is 0.481 e. The number of anilines is 1. The van der Waals surface area contributed by atoms with Gasteiger partial charge in [-0.25, -0.2) is 0 Å². The molecule has 2 aromatic rings. The molecule has 2 unspecified atom stereocenters. The van der Waals surface area contributed by atoms with Gasteiger partial charge in [-0.05, 0) is 80.0 Å². The Morgan fingerprint density at radius 2 is 1.92 bits per heavy atom. The number of allylic oxidation sites excluding steroid dienone is 1. The van der Waals surface area contributed by atoms with Crippen molar-refractivity contribution in [3.63, 3.8) is 0 Å². The van der Waals surface area contributed by atoms with Crippen molar-refractivity contribution in [3.8, 4) is 0 Å². The molecule has 0 spiro atoms. The predicted octanol–water partition coefficient (Wildman–Crippen LogP) is 7.30. The average molecular weight is 485 g/mol. The molecule has 2 aromatic carbocycles. The molecule has 0 saturated heterocycles. The molecule has 2 atom stereocenters. The van der Waals surface area contributed by atoms with Crippen molar-refractivity contribution in [2.75, 3.05) is 18.0 Å². The van der Waals surface area contributed by atoms with E-state index >= 15 is 0 Å². The highest BCUT2D eigenvalue weighted by Crippen LogP contribution is 2.49. The molecule has 4 nitrogen and oxygen atoms in total. The van der Waals surface area contributed by atoms with Crippen LogP contribution in [0, 0.1) is 6.92 Å². The molecule has 36 heavy (non-hydrogen) atoms. The van der Waals surface area contributed by atoms with Gasteiger partial charge in [0, 0.05) is 41.9 Å². The molecule has 3 aliphatic rings. The zero-order chi connectivity index (χ0) is 25.1. The molecular weight excluding hydrogens is 444 g/mol. The lowest BCUT2D eigenvalue weighted by atomic mass is 9.65. The quantitative estimate of drug-likeness (QED) is 0.400. The number of nitrogens with zero attached hydrogens (tertiary/aromatic N) is 2. The molecule has 1 heterocycles. The summed E-state index contributed by atoms with van der Waals surface area (Å²) < 4.78 is 0. The van der Waals surface area contributed by atoms with Crippen molar-refractivity contribution in [3.05, 3.63) is 70.8 Å². The third-order valence-corrected chi connectivity index (χ3v) is 8.88. The van der Waals surface area contributed by atoms with E-state index in [2.05, 4.69) is 73.4 Å². The summed E-state index contributed by atoms with van der Waals surface area (Å²) in [6, 6.07) is 16.3. The third kappa shape index (κ3) is 4.63. The van der Waals surface area contributed by atoms with Crippen LogP contribution in [-0.4, -0.2) is 35.9 Å². The third-order valence-electron chi connectivity index (χ3n) is 8.88. The van der Waals surface area contributed by atoms with Crippen molar-refractivity contribution >= 4 is 23.4 Å². The lowest BCUT2D eigenvalue weighted by molar-refractivity contribution is -0.136. The van der Waals surface area contributed by atoms with E-state index in [9.17, 15) is 9.90 Å². The van der Waals surface area contributed by atoms with E-state index in [0.29, 0.717) is 18.5 Å². The molecule has 1 N–H and O–H groups in total. The van der Waals surface area contributed by atoms with Gasteiger partial charge in [0.25, 0.3) is 0 Å². The Balaban J connectivity index is 1.52. The Kier molecular flexibility index (Phi) is 7.32. The number of rotatable bonds is 8. The normalized spacial score (nSPS) is 23.2. The Morgan fingerprint density at radius 3 is 2.67 bits per heavy atom. The van der Waals surface area contributed by atoms with Crippen molar-refractivity contribution < 1.29 is 9.90 Å². The Hall–Kier alpha value is -2.88. The van der Waals surface area contributed by atoms with E-state index in [1.807, 2.05) is 0 Å². The second-order valence-corrected chi connectivity index (χ2v) is 10.9. The first-order valence-corrected chi connectivity index (χ1v) is 13.9. The number of carboxylic acids is 1. The van der Waals surface area contributed by atoms with E-state index in [1.54, 1.807) is 0 Å². The predicted molar refractivity (Wildman–Crippen MR) is 149 cm³/mol. The minimum Gasteiger partial charge on any atom is -0.481 e. The summed E-state index contributed by atoms with van der Waals surface area (Å²) in [7, 11) is 0. The van der Waals surface area contributed by atoms with Crippen LogP contribution in [0.15, 0.2) is 53.5 Å². The van der Waals surface area contributed by atoms with Crippen LogP contribution in [0.4, 0.5) is 5.69 Å². The highest BCUT2D eigenvalue weighted by atomic mass is 16.4. The minimum atomic E-state index is -0.791. The molecule has 5 rings (SSSR count). The SMILES string of the molecule is CCN1c2ccc(/C=C/C(=N\CCC(=O)O)C3(c4ccccc4C)CCCCC3)cc2C2CCCC21. The molecule has 1 aliphatic heterocycles. The second kappa shape index (κ2) is 10.6. The van der Waals surface area contributed by atoms with Gasteiger partial charge < -0.3 is 10.0 Å². The van der Waals surface area contributed by atoms with Gasteiger partial charge in [0.15, 0.2) is 0 Å². The Bertz CT molecular complexity index is 1160. The minimum absolute atomic E-state index is 0.0654. The summed E-state index contributed by atoms with van der Waals surface area (Å²) in [6.45, 7) is 5.86. The number of hydrogen-bond donors (Lipinski definition) is 1. The van der Waals surface area contributed by atoms with Gasteiger partial charge in [-0.2, -0.15) is 0 Å². The highest BCUT2D eigenvalue weighted by molar-refractivity contribution is 6.06. The van der Waals surface area contributed by atoms with Gasteiger partial charge in [-0.3, -0.25) is 9.79 Å². The van der Waals surface area contributed by atoms with Crippen LogP contribution in [0.2, 0.25) is 0 Å². The summed E-state index contributed by atoms with van der Waals surface area (Å²) in [5.41, 5.74) is 7.70. The maximum atomic E-state index is 11.3. The van der Waals surface area contributed by atoms with Crippen LogP contribution in [0.5, 0.6) is 0 Å². The maximum Gasteiger partial charge on any atom is 0.305 e. The van der Waals surface area contributed by atoms with Crippen LogP contribution >= 0.6 is 0 Å². The average Bonchev–Trinajstić information content (AvgIpc) is 3.47. The lowest BCUT2D eigenvalue weighted by Crippen LogP contribution is -2.38. The van der Waals surface area contributed by atoms with Gasteiger partial charge >= 0.3 is 5.97 Å². The van der Waals surface area contributed by atoms with Crippen molar-refractivity contribution in [2.45, 2.75) is 89.0 Å². The van der Waals surface area contributed by atoms with E-state index < -0.39 is 5.97 Å². The molecule has 2 aliphatic carbocycles. The molecule has 4 heteroatoms. The van der Waals surface area contributed by atoms with Gasteiger partial charge in [-0.15, -0.1) is 0 Å². The van der Waals surface area contributed by atoms with E-state index in [4.69, 9.17) is 4.99 Å². The molecule has 2 fully saturated rings. The zero-order valence-electron chi connectivity index (χ0n) is 21.9. The number of carbonyl (C=O) groups is 1. The molecule has 190 valence electrons. The molecule has 2 saturated carbocycles. The number of likely N-dealkylation sites (N-methyl/N-ethyl adjacent to an activating group) is 1. The molecule has 0 radical (unpaired) electrons. The van der Waals surface area contributed by atoms with Crippen molar-refractivity contribution in [1.29, 1.82) is 0 Å². The fourth-order valence-electron chi connectivity index (χ4n) is 7.23. The second-order valence-electron chi connectivity index (χ2n) is 10.9. The van der Waals surface area contributed by atoms with Crippen LogP contribution in [-0.2, 0) is 10.2 Å². The maximum absolute atomic E-state index is 11.3. The van der Waals surface area contributed by atoms with E-state index in [-0.39, 0.29) is 11.8 Å². The summed E-state index contributed by atoms with van der Waals surface area (Å²) in [6.07, 6.45) is 14.1. The topological polar surface area (TPSA) is 52.9 Å². The van der Waals surface area contributed by atoms with Gasteiger partial charge in [0.05, 0.1) is 6.42 Å². The summed E-state index contributed by atoms with van der Waals surface area (Å²) in [4.78, 5) is 18.9. The first-order valence-electron chi connectivity index (χ1n) is 13.9. The van der Waals surface area contributed by atoms with Crippen molar-refractivity contribution in [1.82, 2.24) is 0 Å². The summed E-state index contributed by atoms with van der Waals surface area (Å²) >= 11 is 0. The molecule has 0 amide bonds. The number of aliphatic imine (C=N–C) groups is 1. The van der Waals surface area contributed by atoms with Crippen LogP contribution in [0.3, 0.4) is 0 Å². The van der Waals surface area contributed by atoms with Gasteiger partial charge in [-0.1, -0.05) is 62.1 Å². The number of aryl methyl sites for hydroxylation is 1. The van der Waals surface area contributed by atoms with Gasteiger partial charge in [0.2, 0.25) is 0 Å². The van der Waals surface area contributed by atoms with E-state index in [1.165, 1.54) is 66.5 Å². The smallest absolute Gasteiger partial charge is 0.305 e. The Morgan fingerprint density at radius 1 is 1.11 bits per heavy atom. The van der Waals surface area contributed by atoms with Crippen LogP contribution in [0.25, 0.3) is 6.08 Å². The van der Waals surface area contributed by atoms with E-state index in [0.717, 1.165) is 25.1 Å². The number of hydrogen-bond acceptors (Lipinski definition) is 3.